The zero-order valence-electron chi connectivity index (χ0n) is 12.1. The number of urea groups is 1. The number of rotatable bonds is 4. The summed E-state index contributed by atoms with van der Waals surface area (Å²) in [5, 5.41) is 2.87. The Balaban J connectivity index is 1.40. The third-order valence-electron chi connectivity index (χ3n) is 4.19. The summed E-state index contributed by atoms with van der Waals surface area (Å²) >= 11 is 0. The Morgan fingerprint density at radius 2 is 2.19 bits per heavy atom. The van der Waals surface area contributed by atoms with Gasteiger partial charge in [-0.1, -0.05) is 24.3 Å². The number of nitrogens with one attached hydrogen (secondary N) is 2. The molecule has 21 heavy (non-hydrogen) atoms. The molecule has 0 saturated carbocycles. The highest BCUT2D eigenvalue weighted by atomic mass is 16.8. The Morgan fingerprint density at radius 3 is 3.05 bits per heavy atom. The van der Waals surface area contributed by atoms with E-state index in [1.165, 1.54) is 11.1 Å². The number of hydrogen-bond acceptors (Lipinski definition) is 3. The number of amides is 2. The molecule has 3 rings (SSSR count). The second-order valence-corrected chi connectivity index (χ2v) is 5.66. The lowest BCUT2D eigenvalue weighted by atomic mass is 10.0. The second-order valence-electron chi connectivity index (χ2n) is 5.66. The molecule has 1 aromatic rings. The Morgan fingerprint density at radius 1 is 1.29 bits per heavy atom. The van der Waals surface area contributed by atoms with Gasteiger partial charge >= 0.3 is 6.03 Å². The van der Waals surface area contributed by atoms with Gasteiger partial charge in [-0.15, -0.1) is 0 Å². The van der Waals surface area contributed by atoms with Crippen molar-refractivity contribution in [3.8, 4) is 0 Å². The van der Waals surface area contributed by atoms with Crippen LogP contribution < -0.4 is 10.8 Å². The Bertz CT molecular complexity index is 486. The average Bonchev–Trinajstić information content (AvgIpc) is 2.95. The molecule has 2 aliphatic rings. The first kappa shape index (κ1) is 14.4. The fourth-order valence-electron chi connectivity index (χ4n) is 3.03. The Labute approximate surface area is 125 Å². The number of ether oxygens (including phenoxy) is 1. The topological polar surface area (TPSA) is 59.6 Å². The minimum Gasteiger partial charge on any atom is -0.350 e. The van der Waals surface area contributed by atoms with Crippen molar-refractivity contribution < 1.29 is 14.4 Å². The number of hydrogen-bond donors (Lipinski definition) is 2. The molecular weight excluding hydrogens is 268 g/mol. The third-order valence-corrected chi connectivity index (χ3v) is 4.19. The molecule has 5 heteroatoms. The fourth-order valence-corrected chi connectivity index (χ4v) is 3.03. The highest BCUT2D eigenvalue weighted by molar-refractivity contribution is 5.72. The molecule has 0 unspecified atom stereocenters. The predicted octanol–water partition coefficient (Wildman–Crippen LogP) is 2.47. The summed E-state index contributed by atoms with van der Waals surface area (Å²) in [6.45, 7) is 1.34. The molecule has 5 nitrogen and oxygen atoms in total. The van der Waals surface area contributed by atoms with Crippen molar-refractivity contribution in [2.24, 2.45) is 0 Å². The molecule has 2 atom stereocenters. The number of aryl methyl sites for hydroxylation is 1. The number of carbonyl (C=O) groups is 1. The van der Waals surface area contributed by atoms with E-state index in [-0.39, 0.29) is 12.3 Å². The number of hydroxylamine groups is 1. The smallest absolute Gasteiger partial charge is 0.338 e. The maximum Gasteiger partial charge on any atom is 0.338 e. The lowest BCUT2D eigenvalue weighted by molar-refractivity contribution is -0.186. The van der Waals surface area contributed by atoms with Gasteiger partial charge in [0.25, 0.3) is 0 Å². The molecule has 2 N–H and O–H groups in total. The van der Waals surface area contributed by atoms with Crippen molar-refractivity contribution >= 4 is 6.03 Å². The van der Waals surface area contributed by atoms with Gasteiger partial charge in [-0.25, -0.2) is 15.1 Å². The molecular formula is C16H22N2O3. The summed E-state index contributed by atoms with van der Waals surface area (Å²) in [5.41, 5.74) is 5.18. The largest absolute Gasteiger partial charge is 0.350 e. The number of benzene rings is 1. The molecule has 114 valence electrons. The van der Waals surface area contributed by atoms with Gasteiger partial charge in [0.15, 0.2) is 6.29 Å². The summed E-state index contributed by atoms with van der Waals surface area (Å²) in [6.07, 6.45) is 4.84. The van der Waals surface area contributed by atoms with E-state index in [9.17, 15) is 4.79 Å². The Kier molecular flexibility index (Phi) is 4.72. The first-order valence-electron chi connectivity index (χ1n) is 7.72. The maximum absolute atomic E-state index is 11.8. The van der Waals surface area contributed by atoms with Crippen LogP contribution in [0.1, 0.15) is 42.7 Å². The highest BCUT2D eigenvalue weighted by Crippen LogP contribution is 2.32. The SMILES string of the molecule is O=C(NC[C@H]1CCc2ccccc21)NO[C@H]1CCCCO1. The average molecular weight is 290 g/mol. The molecule has 1 saturated heterocycles. The van der Waals surface area contributed by atoms with Crippen LogP contribution in [0.5, 0.6) is 0 Å². The van der Waals surface area contributed by atoms with Gasteiger partial charge in [-0.2, -0.15) is 0 Å². The molecule has 1 aliphatic carbocycles. The fraction of sp³-hybridized carbons (Fsp3) is 0.562. The number of fused-ring (bicyclic) bond motifs is 1. The van der Waals surface area contributed by atoms with Crippen LogP contribution in [0.3, 0.4) is 0 Å². The van der Waals surface area contributed by atoms with Gasteiger partial charge in [0.05, 0.1) is 0 Å². The van der Waals surface area contributed by atoms with Crippen molar-refractivity contribution in [3.05, 3.63) is 35.4 Å². The lowest BCUT2D eigenvalue weighted by Crippen LogP contribution is -2.40. The van der Waals surface area contributed by atoms with Crippen molar-refractivity contribution in [2.45, 2.75) is 44.3 Å². The summed E-state index contributed by atoms with van der Waals surface area (Å²) in [7, 11) is 0. The predicted molar refractivity (Wildman–Crippen MR) is 78.7 cm³/mol. The summed E-state index contributed by atoms with van der Waals surface area (Å²) in [5.74, 6) is 0.401. The van der Waals surface area contributed by atoms with Crippen molar-refractivity contribution in [1.82, 2.24) is 10.8 Å². The van der Waals surface area contributed by atoms with E-state index in [4.69, 9.17) is 9.57 Å². The van der Waals surface area contributed by atoms with E-state index in [0.29, 0.717) is 19.1 Å². The zero-order chi connectivity index (χ0) is 14.5. The van der Waals surface area contributed by atoms with Crippen molar-refractivity contribution in [2.75, 3.05) is 13.2 Å². The standard InChI is InChI=1S/C16H22N2O3/c19-16(18-21-15-7-3-4-10-20-15)17-11-13-9-8-12-5-1-2-6-14(12)13/h1-2,5-6,13,15H,3-4,7-11H2,(H2,17,18,19)/t13-,15+/m1/s1. The normalized spacial score (nSPS) is 24.4. The van der Waals surface area contributed by atoms with E-state index < -0.39 is 0 Å². The molecule has 0 bridgehead atoms. The van der Waals surface area contributed by atoms with Crippen LogP contribution in [0.2, 0.25) is 0 Å². The molecule has 1 fully saturated rings. The molecule has 1 heterocycles. The third kappa shape index (κ3) is 3.74. The molecule has 1 aliphatic heterocycles. The van der Waals surface area contributed by atoms with E-state index in [0.717, 1.165) is 32.1 Å². The van der Waals surface area contributed by atoms with Gasteiger partial charge in [-0.05, 0) is 36.8 Å². The van der Waals surface area contributed by atoms with Crippen LogP contribution >= 0.6 is 0 Å². The highest BCUT2D eigenvalue weighted by Gasteiger charge is 2.22. The minimum absolute atomic E-state index is 0.298. The van der Waals surface area contributed by atoms with Crippen LogP contribution in [0.25, 0.3) is 0 Å². The molecule has 2 amide bonds. The van der Waals surface area contributed by atoms with Gasteiger partial charge in [0.1, 0.15) is 0 Å². The summed E-state index contributed by atoms with van der Waals surface area (Å²) < 4.78 is 5.39. The molecule has 0 aromatic heterocycles. The molecule has 0 radical (unpaired) electrons. The van der Waals surface area contributed by atoms with E-state index in [1.54, 1.807) is 0 Å². The monoisotopic (exact) mass is 290 g/mol. The quantitative estimate of drug-likeness (QED) is 0.838. The van der Waals surface area contributed by atoms with E-state index in [1.807, 2.05) is 0 Å². The van der Waals surface area contributed by atoms with E-state index in [2.05, 4.69) is 35.1 Å². The van der Waals surface area contributed by atoms with Crippen molar-refractivity contribution in [3.63, 3.8) is 0 Å². The first-order valence-corrected chi connectivity index (χ1v) is 7.72. The van der Waals surface area contributed by atoms with Gasteiger partial charge < -0.3 is 10.1 Å². The summed E-state index contributed by atoms with van der Waals surface area (Å²) in [6, 6.07) is 8.14. The van der Waals surface area contributed by atoms with Gasteiger partial charge in [0, 0.05) is 25.5 Å². The zero-order valence-corrected chi connectivity index (χ0v) is 12.1. The van der Waals surface area contributed by atoms with Crippen LogP contribution in [-0.2, 0) is 16.0 Å². The van der Waals surface area contributed by atoms with Crippen molar-refractivity contribution in [1.29, 1.82) is 0 Å². The number of carbonyl (C=O) groups excluding carboxylic acids is 1. The first-order chi connectivity index (χ1) is 10.3. The van der Waals surface area contributed by atoms with Gasteiger partial charge in [0.2, 0.25) is 0 Å². The molecule has 0 spiro atoms. The second kappa shape index (κ2) is 6.91. The minimum atomic E-state index is -0.309. The summed E-state index contributed by atoms with van der Waals surface area (Å²) in [4.78, 5) is 17.0. The molecule has 1 aromatic carbocycles. The van der Waals surface area contributed by atoms with Crippen LogP contribution in [0.4, 0.5) is 4.79 Å². The lowest BCUT2D eigenvalue weighted by Gasteiger charge is -2.22. The van der Waals surface area contributed by atoms with E-state index >= 15 is 0 Å². The Hall–Kier alpha value is -1.59. The van der Waals surface area contributed by atoms with Crippen LogP contribution in [0, 0.1) is 0 Å². The maximum atomic E-state index is 11.8. The van der Waals surface area contributed by atoms with Crippen LogP contribution in [-0.4, -0.2) is 25.5 Å². The van der Waals surface area contributed by atoms with Gasteiger partial charge in [-0.3, -0.25) is 0 Å². The van der Waals surface area contributed by atoms with Crippen LogP contribution in [0.15, 0.2) is 24.3 Å².